The van der Waals surface area contributed by atoms with Crippen LogP contribution in [0.1, 0.15) is 22.8 Å². The van der Waals surface area contributed by atoms with Crippen LogP contribution in [0.4, 0.5) is 19.3 Å². The van der Waals surface area contributed by atoms with Gasteiger partial charge in [-0.15, -0.1) is 0 Å². The predicted octanol–water partition coefficient (Wildman–Crippen LogP) is 2.93. The van der Waals surface area contributed by atoms with E-state index in [9.17, 15) is 23.2 Å². The van der Waals surface area contributed by atoms with Crippen molar-refractivity contribution in [3.63, 3.8) is 0 Å². The molecule has 2 aromatic carbocycles. The molecule has 0 spiro atoms. The number of anilines is 1. The van der Waals surface area contributed by atoms with E-state index in [4.69, 9.17) is 11.6 Å². The van der Waals surface area contributed by atoms with Crippen molar-refractivity contribution >= 4 is 35.1 Å². The first-order valence-corrected chi connectivity index (χ1v) is 7.78. The first-order valence-electron chi connectivity index (χ1n) is 7.41. The standard InChI is InChI=1S/C17H12ClF2N3O3/c1-17(15(25)22-16(26)23-17)8-3-2-4-9(5-8)21-14(24)10-6-12(19)13(20)7-11(10)18/h2-7H,1H3,(H,21,24)(H2,22,23,25,26)/t17-/m0/s1. The molecule has 3 N–H and O–H groups in total. The molecule has 0 bridgehead atoms. The van der Waals surface area contributed by atoms with Gasteiger partial charge in [-0.3, -0.25) is 14.9 Å². The molecule has 1 saturated heterocycles. The molecule has 6 nitrogen and oxygen atoms in total. The molecule has 1 heterocycles. The van der Waals surface area contributed by atoms with Gasteiger partial charge in [-0.1, -0.05) is 23.7 Å². The van der Waals surface area contributed by atoms with Gasteiger partial charge >= 0.3 is 6.03 Å². The van der Waals surface area contributed by atoms with Crippen LogP contribution >= 0.6 is 11.6 Å². The smallest absolute Gasteiger partial charge is 0.322 e. The van der Waals surface area contributed by atoms with Crippen molar-refractivity contribution in [2.24, 2.45) is 0 Å². The van der Waals surface area contributed by atoms with E-state index in [0.717, 1.165) is 0 Å². The maximum atomic E-state index is 13.4. The fourth-order valence-electron chi connectivity index (χ4n) is 2.55. The highest BCUT2D eigenvalue weighted by Crippen LogP contribution is 2.27. The molecule has 0 unspecified atom stereocenters. The number of hydrogen-bond donors (Lipinski definition) is 3. The minimum absolute atomic E-state index is 0.242. The molecule has 1 aliphatic rings. The van der Waals surface area contributed by atoms with E-state index in [1.807, 2.05) is 0 Å². The van der Waals surface area contributed by atoms with Gasteiger partial charge in [0.05, 0.1) is 10.6 Å². The summed E-state index contributed by atoms with van der Waals surface area (Å²) >= 11 is 5.79. The van der Waals surface area contributed by atoms with Crippen LogP contribution in [-0.4, -0.2) is 17.8 Å². The number of hydrogen-bond acceptors (Lipinski definition) is 3. The highest BCUT2D eigenvalue weighted by Gasteiger charge is 2.43. The van der Waals surface area contributed by atoms with E-state index >= 15 is 0 Å². The zero-order valence-corrected chi connectivity index (χ0v) is 14.1. The molecule has 0 radical (unpaired) electrons. The zero-order valence-electron chi connectivity index (χ0n) is 13.3. The van der Waals surface area contributed by atoms with Crippen LogP contribution in [0.15, 0.2) is 36.4 Å². The maximum absolute atomic E-state index is 13.4. The highest BCUT2D eigenvalue weighted by atomic mass is 35.5. The third-order valence-electron chi connectivity index (χ3n) is 4.00. The fourth-order valence-corrected chi connectivity index (χ4v) is 2.79. The number of amides is 4. The molecule has 2 aromatic rings. The van der Waals surface area contributed by atoms with Gasteiger partial charge < -0.3 is 10.6 Å². The molecule has 9 heteroatoms. The summed E-state index contributed by atoms with van der Waals surface area (Å²) in [5.41, 5.74) is -0.829. The summed E-state index contributed by atoms with van der Waals surface area (Å²) in [5.74, 6) is -3.65. The number of rotatable bonds is 3. The largest absolute Gasteiger partial charge is 0.322 e. The third kappa shape index (κ3) is 3.11. The summed E-state index contributed by atoms with van der Waals surface area (Å²) in [6.45, 7) is 1.51. The second-order valence-corrected chi connectivity index (χ2v) is 6.22. The first-order chi connectivity index (χ1) is 12.2. The van der Waals surface area contributed by atoms with Gasteiger partial charge in [0.25, 0.3) is 11.8 Å². The lowest BCUT2D eigenvalue weighted by Crippen LogP contribution is -2.40. The Morgan fingerprint density at radius 2 is 1.85 bits per heavy atom. The lowest BCUT2D eigenvalue weighted by molar-refractivity contribution is -0.123. The van der Waals surface area contributed by atoms with Gasteiger partial charge in [0.15, 0.2) is 11.6 Å². The summed E-state index contributed by atoms with van der Waals surface area (Å²) in [7, 11) is 0. The molecule has 1 atom stereocenters. The number of benzene rings is 2. The number of carbonyl (C=O) groups is 3. The average Bonchev–Trinajstić information content (AvgIpc) is 2.84. The second kappa shape index (κ2) is 6.38. The predicted molar refractivity (Wildman–Crippen MR) is 89.8 cm³/mol. The molecule has 3 rings (SSSR count). The van der Waals surface area contributed by atoms with Gasteiger partial charge in [0.1, 0.15) is 5.54 Å². The minimum atomic E-state index is -1.29. The first kappa shape index (κ1) is 17.8. The van der Waals surface area contributed by atoms with E-state index in [1.165, 1.54) is 19.1 Å². The summed E-state index contributed by atoms with van der Waals surface area (Å²) < 4.78 is 26.5. The Labute approximate surface area is 151 Å². The Balaban J connectivity index is 1.88. The molecule has 0 aromatic heterocycles. The van der Waals surface area contributed by atoms with Crippen LogP contribution in [0.3, 0.4) is 0 Å². The highest BCUT2D eigenvalue weighted by molar-refractivity contribution is 6.34. The Bertz CT molecular complexity index is 951. The lowest BCUT2D eigenvalue weighted by Gasteiger charge is -2.21. The van der Waals surface area contributed by atoms with Crippen LogP contribution in [-0.2, 0) is 10.3 Å². The van der Waals surface area contributed by atoms with Crippen LogP contribution in [0, 0.1) is 11.6 Å². The van der Waals surface area contributed by atoms with Crippen molar-refractivity contribution in [2.45, 2.75) is 12.5 Å². The molecule has 134 valence electrons. The molecular weight excluding hydrogens is 368 g/mol. The summed E-state index contributed by atoms with van der Waals surface area (Å²) in [6.07, 6.45) is 0. The number of urea groups is 1. The van der Waals surface area contributed by atoms with Crippen molar-refractivity contribution < 1.29 is 23.2 Å². The molecule has 4 amide bonds. The van der Waals surface area contributed by atoms with E-state index in [2.05, 4.69) is 16.0 Å². The normalized spacial score (nSPS) is 19.1. The van der Waals surface area contributed by atoms with Gasteiger partial charge in [0, 0.05) is 5.69 Å². The van der Waals surface area contributed by atoms with Crippen molar-refractivity contribution in [3.8, 4) is 0 Å². The fraction of sp³-hybridized carbons (Fsp3) is 0.118. The van der Waals surface area contributed by atoms with E-state index < -0.39 is 35.0 Å². The summed E-state index contributed by atoms with van der Waals surface area (Å²) in [6, 6.07) is 6.97. The molecule has 0 saturated carbocycles. The lowest BCUT2D eigenvalue weighted by atomic mass is 9.92. The number of carbonyl (C=O) groups excluding carboxylic acids is 3. The van der Waals surface area contributed by atoms with Crippen LogP contribution in [0.25, 0.3) is 0 Å². The van der Waals surface area contributed by atoms with E-state index in [1.54, 1.807) is 12.1 Å². The van der Waals surface area contributed by atoms with Crippen molar-refractivity contribution in [2.75, 3.05) is 5.32 Å². The number of halogens is 3. The quantitative estimate of drug-likeness (QED) is 0.566. The summed E-state index contributed by atoms with van der Waals surface area (Å²) in [5, 5.41) is 6.90. The average molecular weight is 380 g/mol. The minimum Gasteiger partial charge on any atom is -0.322 e. The van der Waals surface area contributed by atoms with E-state index in [0.29, 0.717) is 17.7 Å². The van der Waals surface area contributed by atoms with Crippen LogP contribution in [0.5, 0.6) is 0 Å². The van der Waals surface area contributed by atoms with Crippen LogP contribution in [0.2, 0.25) is 5.02 Å². The maximum Gasteiger partial charge on any atom is 0.322 e. The SMILES string of the molecule is C[C@@]1(c2cccc(NC(=O)c3cc(F)c(F)cc3Cl)c2)NC(=O)NC1=O. The number of imide groups is 1. The van der Waals surface area contributed by atoms with E-state index in [-0.39, 0.29) is 16.3 Å². The Kier molecular flexibility index (Phi) is 4.37. The topological polar surface area (TPSA) is 87.3 Å². The molecule has 26 heavy (non-hydrogen) atoms. The molecular formula is C17H12ClF2N3O3. The molecule has 1 aliphatic heterocycles. The summed E-state index contributed by atoms with van der Waals surface area (Å²) in [4.78, 5) is 35.7. The van der Waals surface area contributed by atoms with Crippen molar-refractivity contribution in [3.05, 3.63) is 64.2 Å². The monoisotopic (exact) mass is 379 g/mol. The van der Waals surface area contributed by atoms with Gasteiger partial charge in [0.2, 0.25) is 0 Å². The zero-order chi connectivity index (χ0) is 19.1. The van der Waals surface area contributed by atoms with Crippen molar-refractivity contribution in [1.82, 2.24) is 10.6 Å². The van der Waals surface area contributed by atoms with Gasteiger partial charge in [-0.05, 0) is 36.8 Å². The Morgan fingerprint density at radius 3 is 2.50 bits per heavy atom. The second-order valence-electron chi connectivity index (χ2n) is 5.81. The molecule has 0 aliphatic carbocycles. The van der Waals surface area contributed by atoms with Gasteiger partial charge in [-0.2, -0.15) is 0 Å². The Morgan fingerprint density at radius 1 is 1.15 bits per heavy atom. The van der Waals surface area contributed by atoms with Crippen molar-refractivity contribution in [1.29, 1.82) is 0 Å². The number of nitrogens with one attached hydrogen (secondary N) is 3. The third-order valence-corrected chi connectivity index (χ3v) is 4.31. The van der Waals surface area contributed by atoms with Crippen LogP contribution < -0.4 is 16.0 Å². The molecule has 1 fully saturated rings. The van der Waals surface area contributed by atoms with Gasteiger partial charge in [-0.25, -0.2) is 13.6 Å². The Hall–Kier alpha value is -3.00.